The number of benzene rings is 3. The van der Waals surface area contributed by atoms with Crippen LogP contribution in [-0.2, 0) is 13.0 Å². The van der Waals surface area contributed by atoms with E-state index in [4.69, 9.17) is 37.7 Å². The van der Waals surface area contributed by atoms with Crippen molar-refractivity contribution >= 4 is 23.2 Å². The first kappa shape index (κ1) is 29.5. The van der Waals surface area contributed by atoms with Crippen LogP contribution in [0.5, 0.6) is 11.6 Å². The van der Waals surface area contributed by atoms with Crippen molar-refractivity contribution in [2.24, 2.45) is 0 Å². The highest BCUT2D eigenvalue weighted by atomic mass is 35.5. The number of hydrogen-bond donors (Lipinski definition) is 2. The highest BCUT2D eigenvalue weighted by molar-refractivity contribution is 6.39. The van der Waals surface area contributed by atoms with Crippen molar-refractivity contribution in [3.63, 3.8) is 0 Å². The molecule has 3 aliphatic rings. The van der Waals surface area contributed by atoms with Crippen LogP contribution in [0.3, 0.4) is 0 Å². The molecule has 8 nitrogen and oxygen atoms in total. The van der Waals surface area contributed by atoms with Crippen molar-refractivity contribution < 1.29 is 19.7 Å². The second-order valence-electron chi connectivity index (χ2n) is 11.8. The number of aromatic nitrogens is 2. The van der Waals surface area contributed by atoms with E-state index in [1.807, 2.05) is 36.4 Å². The van der Waals surface area contributed by atoms with Gasteiger partial charge in [-0.1, -0.05) is 65.7 Å². The van der Waals surface area contributed by atoms with Gasteiger partial charge in [0, 0.05) is 66.6 Å². The predicted octanol–water partition coefficient (Wildman–Crippen LogP) is 5.64. The Morgan fingerprint density at radius 2 is 1.52 bits per heavy atom. The Labute approximate surface area is 266 Å². The molecule has 1 atom stereocenters. The van der Waals surface area contributed by atoms with Gasteiger partial charge in [-0.2, -0.15) is 0 Å². The molecule has 1 aliphatic carbocycles. The number of nitrogens with zero attached hydrogens (tertiary/aromatic N) is 4. The van der Waals surface area contributed by atoms with Gasteiger partial charge in [0.25, 0.3) is 0 Å². The van der Waals surface area contributed by atoms with Crippen LogP contribution < -0.4 is 9.47 Å². The molecule has 0 radical (unpaired) electrons. The van der Waals surface area contributed by atoms with E-state index in [2.05, 4.69) is 26.9 Å². The molecule has 1 unspecified atom stereocenters. The van der Waals surface area contributed by atoms with E-state index in [0.29, 0.717) is 60.0 Å². The van der Waals surface area contributed by atoms with Crippen LogP contribution >= 0.6 is 23.2 Å². The zero-order valence-electron chi connectivity index (χ0n) is 24.6. The Bertz CT molecular complexity index is 1720. The quantitative estimate of drug-likeness (QED) is 0.258. The first-order valence-corrected chi connectivity index (χ1v) is 15.6. The summed E-state index contributed by atoms with van der Waals surface area (Å²) >= 11 is 14.2. The molecule has 0 bridgehead atoms. The first-order valence-electron chi connectivity index (χ1n) is 14.9. The van der Waals surface area contributed by atoms with Gasteiger partial charge in [-0.05, 0) is 30.0 Å². The van der Waals surface area contributed by atoms with Gasteiger partial charge < -0.3 is 19.7 Å². The fourth-order valence-electron chi connectivity index (χ4n) is 6.72. The lowest BCUT2D eigenvalue weighted by Crippen LogP contribution is -2.51. The Morgan fingerprint density at radius 1 is 0.864 bits per heavy atom. The van der Waals surface area contributed by atoms with Gasteiger partial charge in [0.05, 0.1) is 48.4 Å². The summed E-state index contributed by atoms with van der Waals surface area (Å²) in [7, 11) is 3.29. The minimum Gasteiger partial charge on any atom is -0.496 e. The predicted molar refractivity (Wildman–Crippen MR) is 171 cm³/mol. The zero-order valence-corrected chi connectivity index (χ0v) is 26.1. The monoisotopic (exact) mass is 632 g/mol. The molecule has 2 fully saturated rings. The Balaban J connectivity index is 1.22. The Kier molecular flexibility index (Phi) is 7.99. The summed E-state index contributed by atoms with van der Waals surface area (Å²) in [6, 6.07) is 16.4. The lowest BCUT2D eigenvalue weighted by atomic mass is 9.94. The molecule has 0 spiro atoms. The maximum Gasteiger partial charge on any atom is 0.237 e. The summed E-state index contributed by atoms with van der Waals surface area (Å²) in [6.07, 6.45) is 3.14. The summed E-state index contributed by atoms with van der Waals surface area (Å²) in [5, 5.41) is 20.6. The molecule has 3 aromatic carbocycles. The fraction of sp³-hybridized carbons (Fsp3) is 0.353. The summed E-state index contributed by atoms with van der Waals surface area (Å²) in [6.45, 7) is 3.19. The normalized spacial score (nSPS) is 19.0. The van der Waals surface area contributed by atoms with Crippen molar-refractivity contribution in [3.05, 3.63) is 81.6 Å². The van der Waals surface area contributed by atoms with Crippen LogP contribution in [0.2, 0.25) is 10.0 Å². The molecule has 3 heterocycles. The van der Waals surface area contributed by atoms with Crippen molar-refractivity contribution in [2.75, 3.05) is 40.4 Å². The van der Waals surface area contributed by atoms with Crippen LogP contribution in [0.1, 0.15) is 29.3 Å². The number of aliphatic hydroxyl groups is 2. The van der Waals surface area contributed by atoms with Crippen LogP contribution in [0.4, 0.5) is 0 Å². The smallest absolute Gasteiger partial charge is 0.237 e. The van der Waals surface area contributed by atoms with Gasteiger partial charge in [0.15, 0.2) is 0 Å². The molecule has 1 aromatic heterocycles. The second kappa shape index (κ2) is 11.9. The SMILES string of the molecule is COc1cc(-c2cccc(-c3cccc(-c4cnc(CN5CC(O)C5)c(OC)n4)c3Cl)c2Cl)cc2c1C(N1CC(O)C1)CC2. The minimum absolute atomic E-state index is 0.240. The van der Waals surface area contributed by atoms with E-state index in [1.165, 1.54) is 11.1 Å². The van der Waals surface area contributed by atoms with Crippen LogP contribution in [-0.4, -0.2) is 82.6 Å². The van der Waals surface area contributed by atoms with Crippen molar-refractivity contribution in [2.45, 2.75) is 37.6 Å². The highest BCUT2D eigenvalue weighted by Crippen LogP contribution is 2.47. The minimum atomic E-state index is -0.289. The molecule has 2 saturated heterocycles. The fourth-order valence-corrected chi connectivity index (χ4v) is 7.38. The lowest BCUT2D eigenvalue weighted by molar-refractivity contribution is -0.0255. The summed E-state index contributed by atoms with van der Waals surface area (Å²) in [5.74, 6) is 1.28. The van der Waals surface area contributed by atoms with Gasteiger partial charge in [-0.25, -0.2) is 4.98 Å². The number of halogens is 2. The second-order valence-corrected chi connectivity index (χ2v) is 12.6. The van der Waals surface area contributed by atoms with Crippen LogP contribution in [0.25, 0.3) is 33.5 Å². The number of methoxy groups -OCH3 is 2. The summed E-state index contributed by atoms with van der Waals surface area (Å²) in [5.41, 5.74) is 8.01. The number of likely N-dealkylation sites (tertiary alicyclic amines) is 2. The molecule has 228 valence electrons. The number of fused-ring (bicyclic) bond motifs is 1. The average molecular weight is 634 g/mol. The van der Waals surface area contributed by atoms with Gasteiger partial charge in [0.1, 0.15) is 11.4 Å². The van der Waals surface area contributed by atoms with Gasteiger partial charge in [0.2, 0.25) is 5.88 Å². The maximum absolute atomic E-state index is 9.86. The molecule has 2 aliphatic heterocycles. The van der Waals surface area contributed by atoms with E-state index in [0.717, 1.165) is 46.4 Å². The van der Waals surface area contributed by atoms with E-state index in [1.54, 1.807) is 20.4 Å². The molecule has 0 amide bonds. The number of β-amino-alcohol motifs (C(OH)–C–C–N with tert-alkyl or cyclic N) is 2. The zero-order chi connectivity index (χ0) is 30.5. The molecule has 4 aromatic rings. The molecule has 2 N–H and O–H groups in total. The molecular weight excluding hydrogens is 599 g/mol. The third-order valence-corrected chi connectivity index (χ3v) is 9.80. The van der Waals surface area contributed by atoms with Gasteiger partial charge >= 0.3 is 0 Å². The van der Waals surface area contributed by atoms with E-state index in [9.17, 15) is 10.2 Å². The number of aryl methyl sites for hydroxylation is 1. The number of ether oxygens (including phenoxy) is 2. The van der Waals surface area contributed by atoms with Crippen molar-refractivity contribution in [1.82, 2.24) is 19.8 Å². The first-order chi connectivity index (χ1) is 21.3. The largest absolute Gasteiger partial charge is 0.496 e. The van der Waals surface area contributed by atoms with Gasteiger partial charge in [-0.3, -0.25) is 14.8 Å². The van der Waals surface area contributed by atoms with Crippen molar-refractivity contribution in [1.29, 1.82) is 0 Å². The Morgan fingerprint density at radius 3 is 2.18 bits per heavy atom. The number of rotatable bonds is 8. The third kappa shape index (κ3) is 5.23. The topological polar surface area (TPSA) is 91.2 Å². The van der Waals surface area contributed by atoms with Crippen molar-refractivity contribution in [3.8, 4) is 45.1 Å². The third-order valence-electron chi connectivity index (χ3n) is 8.99. The van der Waals surface area contributed by atoms with Gasteiger partial charge in [-0.15, -0.1) is 0 Å². The number of aliphatic hydroxyl groups excluding tert-OH is 2. The van der Waals surface area contributed by atoms with Crippen LogP contribution in [0.15, 0.2) is 54.7 Å². The average Bonchev–Trinajstić information content (AvgIpc) is 3.42. The maximum atomic E-state index is 9.86. The van der Waals surface area contributed by atoms with E-state index < -0.39 is 0 Å². The number of hydrogen-bond acceptors (Lipinski definition) is 8. The molecule has 10 heteroatoms. The summed E-state index contributed by atoms with van der Waals surface area (Å²) in [4.78, 5) is 13.8. The van der Waals surface area contributed by atoms with E-state index in [-0.39, 0.29) is 18.2 Å². The van der Waals surface area contributed by atoms with E-state index >= 15 is 0 Å². The standard InChI is InChI=1S/C34H34Cl2N4O4/c1-43-30-12-20(11-19-9-10-29(31(19)30)40-16-22(42)17-40)23-5-3-6-24(32(23)35)25-7-4-8-26(33(25)36)27-13-37-28(34(38-27)44-2)18-39-14-21(41)15-39/h3-8,11-13,21-22,29,41-42H,9-10,14-18H2,1-2H3. The van der Waals surface area contributed by atoms with Crippen LogP contribution in [0, 0.1) is 0 Å². The lowest BCUT2D eigenvalue weighted by Gasteiger charge is -2.41. The molecular formula is C34H34Cl2N4O4. The highest BCUT2D eigenvalue weighted by Gasteiger charge is 2.37. The molecule has 7 rings (SSSR count). The molecule has 0 saturated carbocycles. The summed E-state index contributed by atoms with van der Waals surface area (Å²) < 4.78 is 11.5. The molecule has 44 heavy (non-hydrogen) atoms. The Hall–Kier alpha value is -3.24.